The Morgan fingerprint density at radius 2 is 1.94 bits per heavy atom. The molecular formula is C24H36N8O2. The van der Waals surface area contributed by atoms with Crippen LogP contribution >= 0.6 is 0 Å². The summed E-state index contributed by atoms with van der Waals surface area (Å²) in [6.45, 7) is 8.44. The molecule has 2 aliphatic rings. The molecule has 2 saturated carbocycles. The van der Waals surface area contributed by atoms with Crippen LogP contribution in [0.5, 0.6) is 0 Å². The fraction of sp³-hybridized carbons (Fsp3) is 0.708. The van der Waals surface area contributed by atoms with Gasteiger partial charge in [-0.25, -0.2) is 14.8 Å². The number of anilines is 2. The lowest BCUT2D eigenvalue weighted by Gasteiger charge is -2.32. The van der Waals surface area contributed by atoms with Gasteiger partial charge in [0.05, 0.1) is 0 Å². The van der Waals surface area contributed by atoms with E-state index in [9.17, 15) is 4.79 Å². The van der Waals surface area contributed by atoms with Crippen molar-refractivity contribution in [3.05, 3.63) is 10.6 Å². The molecule has 2 aliphatic carbocycles. The van der Waals surface area contributed by atoms with Crippen LogP contribution in [0.1, 0.15) is 65.7 Å². The van der Waals surface area contributed by atoms with E-state index in [1.165, 1.54) is 44.9 Å². The van der Waals surface area contributed by atoms with E-state index in [-0.39, 0.29) is 11.9 Å². The van der Waals surface area contributed by atoms with E-state index in [0.717, 1.165) is 36.3 Å². The van der Waals surface area contributed by atoms with Crippen LogP contribution in [0.4, 0.5) is 11.8 Å². The first-order valence-corrected chi connectivity index (χ1v) is 12.7. The Morgan fingerprint density at radius 1 is 1.18 bits per heavy atom. The molecular weight excluding hydrogens is 432 g/mol. The minimum atomic E-state index is -0.625. The van der Waals surface area contributed by atoms with Crippen molar-refractivity contribution in [2.24, 2.45) is 17.8 Å². The monoisotopic (exact) mass is 468 g/mol. The van der Waals surface area contributed by atoms with Crippen molar-refractivity contribution < 1.29 is 4.52 Å². The number of imidazole rings is 1. The molecule has 0 spiro atoms. The van der Waals surface area contributed by atoms with E-state index in [4.69, 9.17) is 19.5 Å². The number of nitrogens with zero attached hydrogens (tertiary/aromatic N) is 6. The third kappa shape index (κ3) is 4.42. The Hall–Kier alpha value is -2.91. The first-order chi connectivity index (χ1) is 16.4. The highest BCUT2D eigenvalue weighted by Gasteiger charge is 2.29. The lowest BCUT2D eigenvalue weighted by Crippen LogP contribution is -2.31. The van der Waals surface area contributed by atoms with Crippen molar-refractivity contribution >= 4 is 22.9 Å². The van der Waals surface area contributed by atoms with Gasteiger partial charge in [-0.2, -0.15) is 4.98 Å². The summed E-state index contributed by atoms with van der Waals surface area (Å²) < 4.78 is 7.03. The molecule has 10 heteroatoms. The number of hydrogen-bond acceptors (Lipinski definition) is 8. The molecule has 5 rings (SSSR count). The van der Waals surface area contributed by atoms with Gasteiger partial charge in [-0.1, -0.05) is 31.3 Å². The summed E-state index contributed by atoms with van der Waals surface area (Å²) in [5.74, 6) is 3.60. The molecule has 0 radical (unpaired) electrons. The number of H-pyrrole nitrogens is 1. The maximum Gasteiger partial charge on any atom is 0.439 e. The van der Waals surface area contributed by atoms with Gasteiger partial charge in [-0.15, -0.1) is 0 Å². The summed E-state index contributed by atoms with van der Waals surface area (Å²) in [6.07, 6.45) is 8.77. The third-order valence-electron chi connectivity index (χ3n) is 7.85. The number of aromatic amines is 1. The molecule has 0 aromatic carbocycles. The van der Waals surface area contributed by atoms with Gasteiger partial charge in [-0.3, -0.25) is 9.51 Å². The molecule has 0 bridgehead atoms. The number of fused-ring (bicyclic) bond motifs is 1. The zero-order valence-electron chi connectivity index (χ0n) is 20.7. The maximum atomic E-state index is 11.6. The average Bonchev–Trinajstić information content (AvgIpc) is 3.37. The van der Waals surface area contributed by atoms with Gasteiger partial charge >= 0.3 is 5.76 Å². The second-order valence-corrected chi connectivity index (χ2v) is 10.3. The highest BCUT2D eigenvalue weighted by molar-refractivity contribution is 5.87. The van der Waals surface area contributed by atoms with Gasteiger partial charge in [0.2, 0.25) is 17.6 Å². The van der Waals surface area contributed by atoms with Gasteiger partial charge in [0, 0.05) is 26.2 Å². The molecule has 3 aromatic rings. The molecule has 2 N–H and O–H groups in total. The van der Waals surface area contributed by atoms with E-state index >= 15 is 0 Å². The molecule has 0 unspecified atom stereocenters. The Kier molecular flexibility index (Phi) is 6.31. The molecule has 1 atom stereocenters. The first kappa shape index (κ1) is 22.9. The Morgan fingerprint density at radius 3 is 2.56 bits per heavy atom. The zero-order valence-corrected chi connectivity index (χ0v) is 20.7. The zero-order chi connectivity index (χ0) is 23.8. The summed E-state index contributed by atoms with van der Waals surface area (Å²) in [7, 11) is 2.06. The van der Waals surface area contributed by atoms with E-state index in [0.29, 0.717) is 23.3 Å². The smallest absolute Gasteiger partial charge is 0.365 e. The van der Waals surface area contributed by atoms with E-state index in [1.807, 2.05) is 0 Å². The quantitative estimate of drug-likeness (QED) is 0.508. The van der Waals surface area contributed by atoms with Crippen LogP contribution in [0.25, 0.3) is 22.8 Å². The lowest BCUT2D eigenvalue weighted by molar-refractivity contribution is 0.267. The van der Waals surface area contributed by atoms with Gasteiger partial charge in [-0.05, 0) is 57.3 Å². The predicted octanol–water partition coefficient (Wildman–Crippen LogP) is 4.05. The molecule has 0 saturated heterocycles. The topological polar surface area (TPSA) is 118 Å². The molecule has 0 amide bonds. The molecule has 0 aliphatic heterocycles. The van der Waals surface area contributed by atoms with Crippen molar-refractivity contribution in [2.45, 2.75) is 78.3 Å². The van der Waals surface area contributed by atoms with Crippen molar-refractivity contribution in [1.82, 2.24) is 29.7 Å². The van der Waals surface area contributed by atoms with Crippen LogP contribution in [0.2, 0.25) is 0 Å². The summed E-state index contributed by atoms with van der Waals surface area (Å²) in [5, 5.41) is 7.49. The molecule has 184 valence electrons. The molecule has 3 aromatic heterocycles. The normalized spacial score (nSPS) is 22.0. The Balaban J connectivity index is 1.62. The summed E-state index contributed by atoms with van der Waals surface area (Å²) in [5.41, 5.74) is 1.53. The largest absolute Gasteiger partial charge is 0.439 e. The summed E-state index contributed by atoms with van der Waals surface area (Å²) in [6, 6.07) is 0.280. The van der Waals surface area contributed by atoms with Gasteiger partial charge in [0.25, 0.3) is 0 Å². The van der Waals surface area contributed by atoms with Crippen LogP contribution in [0.3, 0.4) is 0 Å². The van der Waals surface area contributed by atoms with Crippen LogP contribution in [0.15, 0.2) is 9.32 Å². The minimum absolute atomic E-state index is 0.215. The highest BCUT2D eigenvalue weighted by atomic mass is 16.5. The van der Waals surface area contributed by atoms with Crippen molar-refractivity contribution in [1.29, 1.82) is 0 Å². The first-order valence-electron chi connectivity index (χ1n) is 12.7. The van der Waals surface area contributed by atoms with Crippen molar-refractivity contribution in [2.75, 3.05) is 23.8 Å². The van der Waals surface area contributed by atoms with Crippen LogP contribution < -0.4 is 16.0 Å². The van der Waals surface area contributed by atoms with Crippen LogP contribution in [0, 0.1) is 17.8 Å². The van der Waals surface area contributed by atoms with E-state index < -0.39 is 5.76 Å². The standard InChI is InChI=1S/C24H36N8O2/c1-5-31(4)23-28-20-18(32(23)13-16-11-9-14(2)10-12-16)19(25-15(3)17-7-6-8-17)26-21(27-20)22-29-24(33)34-30-22/h14-17H,5-13H2,1-4H3,(H,25,26,27)(H,29,30,33)/t14?,15-,16?/m1/s1. The predicted molar refractivity (Wildman–Crippen MR) is 132 cm³/mol. The van der Waals surface area contributed by atoms with E-state index in [2.05, 4.69) is 52.7 Å². The number of aromatic nitrogens is 6. The SMILES string of the molecule is CCN(C)c1nc2nc(-c3noc(=O)[nH]3)nc(N[C@H](C)C3CCC3)c2n1CC1CCC(C)CC1. The van der Waals surface area contributed by atoms with Gasteiger partial charge in [0.15, 0.2) is 11.5 Å². The van der Waals surface area contributed by atoms with Crippen LogP contribution in [-0.2, 0) is 6.54 Å². The number of hydrogen-bond donors (Lipinski definition) is 2. The number of nitrogens with one attached hydrogen (secondary N) is 2. The Labute approximate surface area is 199 Å². The van der Waals surface area contributed by atoms with Crippen molar-refractivity contribution in [3.63, 3.8) is 0 Å². The molecule has 10 nitrogen and oxygen atoms in total. The summed E-state index contributed by atoms with van der Waals surface area (Å²) >= 11 is 0. The van der Waals surface area contributed by atoms with E-state index in [1.54, 1.807) is 0 Å². The molecule has 3 heterocycles. The van der Waals surface area contributed by atoms with Gasteiger partial charge < -0.3 is 14.8 Å². The lowest BCUT2D eigenvalue weighted by atomic mass is 9.80. The minimum Gasteiger partial charge on any atom is -0.365 e. The average molecular weight is 469 g/mol. The highest BCUT2D eigenvalue weighted by Crippen LogP contribution is 2.36. The molecule has 34 heavy (non-hydrogen) atoms. The fourth-order valence-corrected chi connectivity index (χ4v) is 5.21. The second-order valence-electron chi connectivity index (χ2n) is 10.3. The van der Waals surface area contributed by atoms with Crippen LogP contribution in [-0.4, -0.2) is 49.3 Å². The second kappa shape index (κ2) is 9.38. The summed E-state index contributed by atoms with van der Waals surface area (Å²) in [4.78, 5) is 30.8. The molecule has 2 fully saturated rings. The number of rotatable bonds is 8. The maximum absolute atomic E-state index is 11.6. The van der Waals surface area contributed by atoms with Gasteiger partial charge in [0.1, 0.15) is 5.52 Å². The van der Waals surface area contributed by atoms with Crippen molar-refractivity contribution in [3.8, 4) is 11.6 Å². The fourth-order valence-electron chi connectivity index (χ4n) is 5.21. The third-order valence-corrected chi connectivity index (χ3v) is 7.85. The Bertz CT molecular complexity index is 1190.